The number of nitrogens with one attached hydrogen (secondary N) is 2. The first-order valence-corrected chi connectivity index (χ1v) is 8.77. The van der Waals surface area contributed by atoms with E-state index in [1.807, 2.05) is 37.3 Å². The van der Waals surface area contributed by atoms with Crippen molar-refractivity contribution in [2.75, 3.05) is 0 Å². The van der Waals surface area contributed by atoms with Crippen LogP contribution >= 0.6 is 0 Å². The Morgan fingerprint density at radius 3 is 2.26 bits per heavy atom. The minimum atomic E-state index is -3.72. The van der Waals surface area contributed by atoms with E-state index in [-0.39, 0.29) is 10.8 Å². The molecule has 122 valence electrons. The summed E-state index contributed by atoms with van der Waals surface area (Å²) in [4.78, 5) is 12.2. The molecule has 0 bridgehead atoms. The first kappa shape index (κ1) is 17.2. The smallest absolute Gasteiger partial charge is 0.241 e. The van der Waals surface area contributed by atoms with Gasteiger partial charge >= 0.3 is 0 Å². The fourth-order valence-electron chi connectivity index (χ4n) is 2.01. The van der Waals surface area contributed by atoms with Crippen molar-refractivity contribution in [3.05, 3.63) is 65.7 Å². The average molecular weight is 332 g/mol. The van der Waals surface area contributed by atoms with Crippen molar-refractivity contribution < 1.29 is 13.2 Å². The minimum Gasteiger partial charge on any atom is -0.351 e. The topological polar surface area (TPSA) is 75.3 Å². The van der Waals surface area contributed by atoms with Crippen molar-refractivity contribution in [3.8, 4) is 0 Å². The maximum atomic E-state index is 12.2. The summed E-state index contributed by atoms with van der Waals surface area (Å²) in [7, 11) is -3.72. The molecule has 0 aliphatic carbocycles. The summed E-state index contributed by atoms with van der Waals surface area (Å²) in [5.41, 5.74) is 1.92. The second-order valence-corrected chi connectivity index (χ2v) is 7.07. The molecular formula is C17H20N2O3S. The van der Waals surface area contributed by atoms with Crippen molar-refractivity contribution >= 4 is 15.9 Å². The third-order valence-electron chi connectivity index (χ3n) is 3.37. The second kappa shape index (κ2) is 7.39. The Labute approximate surface area is 136 Å². The molecular weight excluding hydrogens is 312 g/mol. The maximum Gasteiger partial charge on any atom is 0.241 e. The number of sulfonamides is 1. The lowest BCUT2D eigenvalue weighted by Crippen LogP contribution is -2.44. The van der Waals surface area contributed by atoms with Crippen molar-refractivity contribution in [3.63, 3.8) is 0 Å². The predicted octanol–water partition coefficient (Wildman–Crippen LogP) is 1.98. The largest absolute Gasteiger partial charge is 0.351 e. The van der Waals surface area contributed by atoms with E-state index in [4.69, 9.17) is 0 Å². The second-order valence-electron chi connectivity index (χ2n) is 5.36. The Balaban J connectivity index is 1.96. The van der Waals surface area contributed by atoms with Gasteiger partial charge in [0.15, 0.2) is 0 Å². The molecule has 2 rings (SSSR count). The molecule has 2 aromatic carbocycles. The third-order valence-corrected chi connectivity index (χ3v) is 4.92. The summed E-state index contributed by atoms with van der Waals surface area (Å²) in [5.74, 6) is -0.371. The van der Waals surface area contributed by atoms with Crippen LogP contribution in [0.3, 0.4) is 0 Å². The molecule has 0 fully saturated rings. The molecule has 23 heavy (non-hydrogen) atoms. The zero-order valence-electron chi connectivity index (χ0n) is 13.1. The summed E-state index contributed by atoms with van der Waals surface area (Å²) in [5, 5.41) is 2.72. The molecule has 0 aliphatic rings. The summed E-state index contributed by atoms with van der Waals surface area (Å²) < 4.78 is 26.9. The molecule has 1 atom stereocenters. The summed E-state index contributed by atoms with van der Waals surface area (Å²) in [6.45, 7) is 3.76. The molecule has 1 amide bonds. The van der Waals surface area contributed by atoms with Gasteiger partial charge in [-0.2, -0.15) is 4.72 Å². The van der Waals surface area contributed by atoms with Gasteiger partial charge in [0.2, 0.25) is 15.9 Å². The lowest BCUT2D eigenvalue weighted by molar-refractivity contribution is -0.122. The van der Waals surface area contributed by atoms with Gasteiger partial charge in [-0.25, -0.2) is 8.42 Å². The highest BCUT2D eigenvalue weighted by Gasteiger charge is 2.21. The monoisotopic (exact) mass is 332 g/mol. The quantitative estimate of drug-likeness (QED) is 0.849. The molecule has 2 N–H and O–H groups in total. The maximum absolute atomic E-state index is 12.2. The van der Waals surface area contributed by atoms with E-state index < -0.39 is 16.1 Å². The van der Waals surface area contributed by atoms with Crippen molar-refractivity contribution in [1.29, 1.82) is 0 Å². The summed E-state index contributed by atoms with van der Waals surface area (Å²) >= 11 is 0. The molecule has 0 heterocycles. The number of hydrogen-bond acceptors (Lipinski definition) is 3. The predicted molar refractivity (Wildman–Crippen MR) is 89.3 cm³/mol. The van der Waals surface area contributed by atoms with Gasteiger partial charge in [-0.15, -0.1) is 0 Å². The fraction of sp³-hybridized carbons (Fsp3) is 0.235. The van der Waals surface area contributed by atoms with E-state index in [9.17, 15) is 13.2 Å². The van der Waals surface area contributed by atoms with Crippen LogP contribution in [0, 0.1) is 6.92 Å². The fourth-order valence-corrected chi connectivity index (χ4v) is 3.21. The zero-order chi connectivity index (χ0) is 16.9. The minimum absolute atomic E-state index is 0.144. The molecule has 0 unspecified atom stereocenters. The molecule has 2 aromatic rings. The van der Waals surface area contributed by atoms with Crippen LogP contribution in [0.5, 0.6) is 0 Å². The lowest BCUT2D eigenvalue weighted by atomic mass is 10.2. The van der Waals surface area contributed by atoms with Crippen LogP contribution in [-0.2, 0) is 21.4 Å². The van der Waals surface area contributed by atoms with Gasteiger partial charge in [-0.05, 0) is 31.5 Å². The van der Waals surface area contributed by atoms with Crippen molar-refractivity contribution in [1.82, 2.24) is 10.0 Å². The van der Waals surface area contributed by atoms with Gasteiger partial charge < -0.3 is 5.32 Å². The highest BCUT2D eigenvalue weighted by molar-refractivity contribution is 7.89. The number of carbonyl (C=O) groups excluding carboxylic acids is 1. The lowest BCUT2D eigenvalue weighted by Gasteiger charge is -2.14. The highest BCUT2D eigenvalue weighted by Crippen LogP contribution is 2.10. The molecule has 0 spiro atoms. The van der Waals surface area contributed by atoms with Gasteiger partial charge in [0.1, 0.15) is 0 Å². The van der Waals surface area contributed by atoms with Crippen LogP contribution in [0.25, 0.3) is 0 Å². The first-order valence-electron chi connectivity index (χ1n) is 7.29. The van der Waals surface area contributed by atoms with E-state index in [1.54, 1.807) is 12.1 Å². The summed E-state index contributed by atoms with van der Waals surface area (Å²) in [6.07, 6.45) is 0. The van der Waals surface area contributed by atoms with Gasteiger partial charge in [-0.3, -0.25) is 4.79 Å². The number of amides is 1. The molecule has 5 nitrogen and oxygen atoms in total. The van der Waals surface area contributed by atoms with E-state index in [0.29, 0.717) is 6.54 Å². The van der Waals surface area contributed by atoms with Crippen molar-refractivity contribution in [2.24, 2.45) is 0 Å². The number of hydrogen-bond donors (Lipinski definition) is 2. The SMILES string of the molecule is Cc1ccc(S(=O)(=O)N[C@@H](C)C(=O)NCc2ccccc2)cc1. The molecule has 0 saturated carbocycles. The Kier molecular flexibility index (Phi) is 5.52. The number of carbonyl (C=O) groups is 1. The van der Waals surface area contributed by atoms with Crippen molar-refractivity contribution in [2.45, 2.75) is 31.3 Å². The Hall–Kier alpha value is -2.18. The van der Waals surface area contributed by atoms with E-state index >= 15 is 0 Å². The number of rotatable bonds is 6. The Morgan fingerprint density at radius 1 is 1.04 bits per heavy atom. The van der Waals surface area contributed by atoms with Gasteiger partial charge in [-0.1, -0.05) is 48.0 Å². The van der Waals surface area contributed by atoms with Crippen LogP contribution in [-0.4, -0.2) is 20.4 Å². The third kappa shape index (κ3) is 4.91. The highest BCUT2D eigenvalue weighted by atomic mass is 32.2. The first-order chi connectivity index (χ1) is 10.9. The van der Waals surface area contributed by atoms with Gasteiger partial charge in [0.25, 0.3) is 0 Å². The Bertz CT molecular complexity index is 756. The van der Waals surface area contributed by atoms with Crippen LogP contribution < -0.4 is 10.0 Å². The molecule has 6 heteroatoms. The van der Waals surface area contributed by atoms with Gasteiger partial charge in [0, 0.05) is 6.54 Å². The van der Waals surface area contributed by atoms with Crippen LogP contribution in [0.1, 0.15) is 18.1 Å². The molecule has 0 aromatic heterocycles. The zero-order valence-corrected chi connectivity index (χ0v) is 13.9. The van der Waals surface area contributed by atoms with E-state index in [2.05, 4.69) is 10.0 Å². The molecule has 0 aliphatic heterocycles. The van der Waals surface area contributed by atoms with Crippen LogP contribution in [0.4, 0.5) is 0 Å². The normalized spacial score (nSPS) is 12.6. The van der Waals surface area contributed by atoms with Crippen LogP contribution in [0.2, 0.25) is 0 Å². The van der Waals surface area contributed by atoms with E-state index in [0.717, 1.165) is 11.1 Å². The average Bonchev–Trinajstić information content (AvgIpc) is 2.53. The van der Waals surface area contributed by atoms with Gasteiger partial charge in [0.05, 0.1) is 10.9 Å². The standard InChI is InChI=1S/C17H20N2O3S/c1-13-8-10-16(11-9-13)23(21,22)19-14(2)17(20)18-12-15-6-4-3-5-7-15/h3-11,14,19H,12H2,1-2H3,(H,18,20)/t14-/m0/s1. The summed E-state index contributed by atoms with van der Waals surface area (Å²) in [6, 6.07) is 15.1. The molecule has 0 saturated heterocycles. The number of benzene rings is 2. The van der Waals surface area contributed by atoms with Crippen LogP contribution in [0.15, 0.2) is 59.5 Å². The molecule has 0 radical (unpaired) electrons. The number of aryl methyl sites for hydroxylation is 1. The Morgan fingerprint density at radius 2 is 1.65 bits per heavy atom. The van der Waals surface area contributed by atoms with E-state index in [1.165, 1.54) is 19.1 Å².